The van der Waals surface area contributed by atoms with E-state index in [1.165, 1.54) is 0 Å². The summed E-state index contributed by atoms with van der Waals surface area (Å²) in [7, 11) is -3.42. The summed E-state index contributed by atoms with van der Waals surface area (Å²) in [5, 5.41) is 2.79. The van der Waals surface area contributed by atoms with Crippen molar-refractivity contribution in [1.82, 2.24) is 4.72 Å². The molecule has 0 aliphatic carbocycles. The molecule has 0 spiro atoms. The van der Waals surface area contributed by atoms with Crippen molar-refractivity contribution in [3.63, 3.8) is 0 Å². The first-order valence-corrected chi connectivity index (χ1v) is 9.79. The van der Waals surface area contributed by atoms with Crippen LogP contribution < -0.4 is 10.0 Å². The predicted molar refractivity (Wildman–Crippen MR) is 89.2 cm³/mol. The van der Waals surface area contributed by atoms with Crippen LogP contribution in [0, 0.1) is 6.92 Å². The van der Waals surface area contributed by atoms with Crippen molar-refractivity contribution in [1.29, 1.82) is 0 Å². The fraction of sp³-hybridized carbons (Fsp3) is 0.500. The Hall–Kier alpha value is -1.05. The minimum Gasteiger partial charge on any atom is -0.324 e. The third-order valence-electron chi connectivity index (χ3n) is 3.03. The van der Waals surface area contributed by atoms with E-state index in [1.54, 1.807) is 24.8 Å². The molecule has 0 bridgehead atoms. The van der Waals surface area contributed by atoms with Crippen molar-refractivity contribution in [2.45, 2.75) is 26.3 Å². The number of aryl methyl sites for hydroxylation is 1. The zero-order valence-electron chi connectivity index (χ0n) is 12.5. The van der Waals surface area contributed by atoms with E-state index in [9.17, 15) is 13.2 Å². The van der Waals surface area contributed by atoms with Crippen LogP contribution in [0.25, 0.3) is 0 Å². The first kappa shape index (κ1) is 18.0. The molecule has 1 atom stereocenters. The zero-order chi connectivity index (χ0) is 15.9. The normalized spacial score (nSPS) is 12.9. The van der Waals surface area contributed by atoms with Gasteiger partial charge in [-0.05, 0) is 43.9 Å². The van der Waals surface area contributed by atoms with E-state index >= 15 is 0 Å². The van der Waals surface area contributed by atoms with Gasteiger partial charge >= 0.3 is 0 Å². The molecule has 21 heavy (non-hydrogen) atoms. The quantitative estimate of drug-likeness (QED) is 0.764. The lowest BCUT2D eigenvalue weighted by atomic mass is 10.1. The molecule has 0 aliphatic heterocycles. The van der Waals surface area contributed by atoms with Crippen molar-refractivity contribution < 1.29 is 13.2 Å². The van der Waals surface area contributed by atoms with Gasteiger partial charge in [-0.3, -0.25) is 4.79 Å². The highest BCUT2D eigenvalue weighted by atomic mass is 32.2. The highest BCUT2D eigenvalue weighted by Gasteiger charge is 2.23. The molecule has 0 heterocycles. The molecule has 2 N–H and O–H groups in total. The molecule has 0 saturated carbocycles. The van der Waals surface area contributed by atoms with E-state index in [0.717, 1.165) is 5.56 Å². The summed E-state index contributed by atoms with van der Waals surface area (Å²) in [6.45, 7) is 3.44. The minimum absolute atomic E-state index is 0.0413. The first-order valence-electron chi connectivity index (χ1n) is 6.75. The third kappa shape index (κ3) is 6.07. The van der Waals surface area contributed by atoms with Crippen molar-refractivity contribution in [3.05, 3.63) is 29.8 Å². The molecule has 0 aliphatic rings. The maximum absolute atomic E-state index is 12.3. The maximum Gasteiger partial charge on any atom is 0.242 e. The Bertz CT molecular complexity index is 573. The molecule has 1 unspecified atom stereocenters. The Morgan fingerprint density at radius 2 is 2.00 bits per heavy atom. The molecular weight excluding hydrogens is 308 g/mol. The Morgan fingerprint density at radius 3 is 2.57 bits per heavy atom. The van der Waals surface area contributed by atoms with Gasteiger partial charge in [0.05, 0.1) is 5.75 Å². The molecule has 1 amide bonds. The lowest BCUT2D eigenvalue weighted by Gasteiger charge is -2.18. The lowest BCUT2D eigenvalue weighted by Crippen LogP contribution is -2.44. The number of para-hydroxylation sites is 1. The number of carbonyl (C=O) groups excluding carboxylic acids is 1. The second kappa shape index (κ2) is 8.41. The second-order valence-corrected chi connectivity index (χ2v) is 7.69. The van der Waals surface area contributed by atoms with Crippen LogP contribution in [-0.2, 0) is 14.8 Å². The van der Waals surface area contributed by atoms with Crippen LogP contribution in [0.4, 0.5) is 5.69 Å². The molecule has 0 aromatic heterocycles. The fourth-order valence-corrected chi connectivity index (χ4v) is 3.01. The van der Waals surface area contributed by atoms with Crippen LogP contribution in [0.15, 0.2) is 24.3 Å². The van der Waals surface area contributed by atoms with Gasteiger partial charge in [0.1, 0.15) is 6.04 Å². The second-order valence-electron chi connectivity index (χ2n) is 4.66. The van der Waals surface area contributed by atoms with Crippen LogP contribution in [0.5, 0.6) is 0 Å². The molecule has 0 radical (unpaired) electrons. The van der Waals surface area contributed by atoms with Gasteiger partial charge in [-0.1, -0.05) is 18.2 Å². The molecule has 5 nitrogen and oxygen atoms in total. The van der Waals surface area contributed by atoms with Gasteiger partial charge in [0.2, 0.25) is 15.9 Å². The van der Waals surface area contributed by atoms with Crippen LogP contribution in [0.2, 0.25) is 0 Å². The number of anilines is 1. The first-order chi connectivity index (χ1) is 9.89. The van der Waals surface area contributed by atoms with Crippen LogP contribution in [0.3, 0.4) is 0 Å². The number of carbonyl (C=O) groups is 1. The van der Waals surface area contributed by atoms with Crippen molar-refractivity contribution >= 4 is 33.4 Å². The smallest absolute Gasteiger partial charge is 0.242 e. The third-order valence-corrected chi connectivity index (χ3v) is 5.08. The average molecular weight is 330 g/mol. The molecular formula is C14H22N2O3S2. The minimum atomic E-state index is -3.42. The van der Waals surface area contributed by atoms with E-state index in [0.29, 0.717) is 17.9 Å². The number of rotatable bonds is 8. The van der Waals surface area contributed by atoms with Gasteiger partial charge in [-0.25, -0.2) is 13.1 Å². The zero-order valence-corrected chi connectivity index (χ0v) is 14.2. The largest absolute Gasteiger partial charge is 0.324 e. The van der Waals surface area contributed by atoms with E-state index in [-0.39, 0.29) is 11.7 Å². The molecule has 0 fully saturated rings. The Labute approximate surface area is 130 Å². The molecule has 7 heteroatoms. The maximum atomic E-state index is 12.3. The predicted octanol–water partition coefficient (Wildman–Crippen LogP) is 1.99. The monoisotopic (exact) mass is 330 g/mol. The van der Waals surface area contributed by atoms with Gasteiger partial charge in [0.25, 0.3) is 0 Å². The SMILES string of the molecule is CCS(=O)(=O)NC(CCSC)C(=O)Nc1ccccc1C. The van der Waals surface area contributed by atoms with Crippen molar-refractivity contribution in [2.24, 2.45) is 0 Å². The molecule has 0 saturated heterocycles. The standard InChI is InChI=1S/C14H22N2O3S2/c1-4-21(18,19)16-13(9-10-20-3)14(17)15-12-8-6-5-7-11(12)2/h5-8,13,16H,4,9-10H2,1-3H3,(H,15,17). The Kier molecular flexibility index (Phi) is 7.21. The summed E-state index contributed by atoms with van der Waals surface area (Å²) < 4.78 is 25.9. The summed E-state index contributed by atoms with van der Waals surface area (Å²) in [6.07, 6.45) is 2.38. The highest BCUT2D eigenvalue weighted by Crippen LogP contribution is 2.14. The van der Waals surface area contributed by atoms with Gasteiger partial charge in [-0.2, -0.15) is 11.8 Å². The van der Waals surface area contributed by atoms with Crippen LogP contribution >= 0.6 is 11.8 Å². The van der Waals surface area contributed by atoms with Gasteiger partial charge in [-0.15, -0.1) is 0 Å². The average Bonchev–Trinajstić information content (AvgIpc) is 2.45. The number of thioether (sulfide) groups is 1. The fourth-order valence-electron chi connectivity index (χ4n) is 1.71. The number of benzene rings is 1. The lowest BCUT2D eigenvalue weighted by molar-refractivity contribution is -0.117. The number of sulfonamides is 1. The Balaban J connectivity index is 2.82. The number of hydrogen-bond donors (Lipinski definition) is 2. The summed E-state index contributed by atoms with van der Waals surface area (Å²) in [4.78, 5) is 12.3. The highest BCUT2D eigenvalue weighted by molar-refractivity contribution is 7.98. The van der Waals surface area contributed by atoms with Crippen molar-refractivity contribution in [3.8, 4) is 0 Å². The summed E-state index contributed by atoms with van der Waals surface area (Å²) in [5.41, 5.74) is 1.64. The van der Waals surface area contributed by atoms with Gasteiger partial charge in [0, 0.05) is 5.69 Å². The van der Waals surface area contributed by atoms with Gasteiger partial charge < -0.3 is 5.32 Å². The van der Waals surface area contributed by atoms with E-state index in [4.69, 9.17) is 0 Å². The van der Waals surface area contributed by atoms with E-state index < -0.39 is 16.1 Å². The number of nitrogens with one attached hydrogen (secondary N) is 2. The number of hydrogen-bond acceptors (Lipinski definition) is 4. The summed E-state index contributed by atoms with van der Waals surface area (Å²) in [5.74, 6) is 0.341. The summed E-state index contributed by atoms with van der Waals surface area (Å²) >= 11 is 1.58. The number of amides is 1. The molecule has 118 valence electrons. The molecule has 1 rings (SSSR count). The molecule has 1 aromatic carbocycles. The topological polar surface area (TPSA) is 75.3 Å². The van der Waals surface area contributed by atoms with Gasteiger partial charge in [0.15, 0.2) is 0 Å². The van der Waals surface area contributed by atoms with Crippen LogP contribution in [0.1, 0.15) is 18.9 Å². The van der Waals surface area contributed by atoms with E-state index in [2.05, 4.69) is 10.0 Å². The van der Waals surface area contributed by atoms with Crippen LogP contribution in [-0.4, -0.2) is 38.1 Å². The van der Waals surface area contributed by atoms with E-state index in [1.807, 2.05) is 31.4 Å². The Morgan fingerprint density at radius 1 is 1.33 bits per heavy atom. The van der Waals surface area contributed by atoms with Crippen molar-refractivity contribution in [2.75, 3.05) is 23.1 Å². The molecule has 1 aromatic rings. The summed E-state index contributed by atoms with van der Waals surface area (Å²) in [6, 6.07) is 6.66.